The van der Waals surface area contributed by atoms with Crippen LogP contribution in [0.5, 0.6) is 5.75 Å². The molecule has 0 saturated carbocycles. The molecule has 0 unspecified atom stereocenters. The van der Waals surface area contributed by atoms with Gasteiger partial charge in [-0.2, -0.15) is 0 Å². The molecule has 116 valence electrons. The number of carbonyl (C=O) groups is 1. The molecule has 0 saturated heterocycles. The number of hydrogen-bond acceptors (Lipinski definition) is 4. The highest BCUT2D eigenvalue weighted by molar-refractivity contribution is 8.23. The van der Waals surface area contributed by atoms with Gasteiger partial charge in [-0.1, -0.05) is 36.1 Å². The minimum atomic E-state index is -0.0164. The summed E-state index contributed by atoms with van der Waals surface area (Å²) in [6.07, 6.45) is 0. The van der Waals surface area contributed by atoms with Crippen molar-refractivity contribution in [3.63, 3.8) is 0 Å². The Labute approximate surface area is 136 Å². The van der Waals surface area contributed by atoms with Crippen molar-refractivity contribution in [2.75, 3.05) is 26.0 Å². The zero-order chi connectivity index (χ0) is 15.7. The number of methoxy groups -OCH3 is 1. The summed E-state index contributed by atoms with van der Waals surface area (Å²) in [6, 6.07) is 7.65. The van der Waals surface area contributed by atoms with E-state index in [4.69, 9.17) is 17.0 Å². The second kappa shape index (κ2) is 9.63. The first-order valence-corrected chi connectivity index (χ1v) is 8.31. The molecule has 0 heterocycles. The Morgan fingerprint density at radius 1 is 1.38 bits per heavy atom. The van der Waals surface area contributed by atoms with Gasteiger partial charge in [-0.3, -0.25) is 4.79 Å². The molecule has 1 aromatic carbocycles. The van der Waals surface area contributed by atoms with E-state index in [1.165, 1.54) is 11.8 Å². The monoisotopic (exact) mass is 326 g/mol. The molecule has 0 atom stereocenters. The number of ether oxygens (including phenoxy) is 1. The summed E-state index contributed by atoms with van der Waals surface area (Å²) in [5.74, 6) is 1.12. The van der Waals surface area contributed by atoms with Gasteiger partial charge in [-0.05, 0) is 31.5 Å². The number of benzene rings is 1. The molecule has 0 radical (unpaired) electrons. The van der Waals surface area contributed by atoms with Crippen molar-refractivity contribution in [3.8, 4) is 5.75 Å². The van der Waals surface area contributed by atoms with Crippen molar-refractivity contribution in [1.29, 1.82) is 0 Å². The van der Waals surface area contributed by atoms with E-state index in [0.29, 0.717) is 12.3 Å². The number of nitrogens with zero attached hydrogens (tertiary/aromatic N) is 1. The molecule has 0 aliphatic rings. The van der Waals surface area contributed by atoms with Crippen LogP contribution in [-0.4, -0.2) is 41.1 Å². The zero-order valence-corrected chi connectivity index (χ0v) is 14.4. The lowest BCUT2D eigenvalue weighted by Gasteiger charge is -2.20. The Kier molecular flexibility index (Phi) is 8.15. The van der Waals surface area contributed by atoms with Crippen molar-refractivity contribution >= 4 is 34.2 Å². The van der Waals surface area contributed by atoms with E-state index in [0.717, 1.165) is 28.7 Å². The molecule has 6 heteroatoms. The van der Waals surface area contributed by atoms with Gasteiger partial charge in [0.2, 0.25) is 5.91 Å². The van der Waals surface area contributed by atoms with Crippen molar-refractivity contribution in [1.82, 2.24) is 10.2 Å². The van der Waals surface area contributed by atoms with Crippen molar-refractivity contribution < 1.29 is 9.53 Å². The van der Waals surface area contributed by atoms with Crippen LogP contribution in [0.25, 0.3) is 0 Å². The molecule has 0 spiro atoms. The predicted molar refractivity (Wildman–Crippen MR) is 92.8 cm³/mol. The van der Waals surface area contributed by atoms with Gasteiger partial charge in [0.05, 0.1) is 12.9 Å². The van der Waals surface area contributed by atoms with E-state index >= 15 is 0 Å². The molecular formula is C15H22N2O2S2. The smallest absolute Gasteiger partial charge is 0.230 e. The number of rotatable bonds is 7. The van der Waals surface area contributed by atoms with Crippen LogP contribution in [0.1, 0.15) is 19.4 Å². The topological polar surface area (TPSA) is 41.6 Å². The maximum absolute atomic E-state index is 11.8. The highest BCUT2D eigenvalue weighted by atomic mass is 32.2. The fourth-order valence-corrected chi connectivity index (χ4v) is 2.97. The van der Waals surface area contributed by atoms with Crippen LogP contribution in [0.3, 0.4) is 0 Å². The molecular weight excluding hydrogens is 304 g/mol. The fourth-order valence-electron chi connectivity index (χ4n) is 1.73. The van der Waals surface area contributed by atoms with E-state index in [1.54, 1.807) is 7.11 Å². The van der Waals surface area contributed by atoms with Gasteiger partial charge in [-0.15, -0.1) is 0 Å². The van der Waals surface area contributed by atoms with Crippen LogP contribution >= 0.6 is 24.0 Å². The molecule has 0 fully saturated rings. The van der Waals surface area contributed by atoms with E-state index in [2.05, 4.69) is 24.1 Å². The second-order valence-electron chi connectivity index (χ2n) is 4.36. The maximum Gasteiger partial charge on any atom is 0.230 e. The fraction of sp³-hybridized carbons (Fsp3) is 0.467. The lowest BCUT2D eigenvalue weighted by molar-refractivity contribution is -0.118. The number of nitrogens with one attached hydrogen (secondary N) is 1. The first-order chi connectivity index (χ1) is 10.1. The van der Waals surface area contributed by atoms with Gasteiger partial charge in [0.1, 0.15) is 10.1 Å². The number of amides is 1. The molecule has 0 aliphatic heterocycles. The summed E-state index contributed by atoms with van der Waals surface area (Å²) >= 11 is 6.70. The molecule has 0 aromatic heterocycles. The average Bonchev–Trinajstić information content (AvgIpc) is 2.52. The lowest BCUT2D eigenvalue weighted by atomic mass is 10.2. The number of thioether (sulfide) groups is 1. The first-order valence-electron chi connectivity index (χ1n) is 6.92. The van der Waals surface area contributed by atoms with E-state index < -0.39 is 0 Å². The standard InChI is InChI=1S/C15H22N2O2S2/c1-4-17(5-2)15(20)21-11-14(18)16-10-12-7-6-8-13(9-12)19-3/h6-9H,4-5,10-11H2,1-3H3,(H,16,18). The quantitative estimate of drug-likeness (QED) is 0.780. The first kappa shape index (κ1) is 17.8. The highest BCUT2D eigenvalue weighted by Crippen LogP contribution is 2.12. The van der Waals surface area contributed by atoms with E-state index in [9.17, 15) is 4.79 Å². The van der Waals surface area contributed by atoms with Gasteiger partial charge >= 0.3 is 0 Å². The Morgan fingerprint density at radius 2 is 2.10 bits per heavy atom. The predicted octanol–water partition coefficient (Wildman–Crippen LogP) is 2.67. The van der Waals surface area contributed by atoms with Gasteiger partial charge < -0.3 is 15.0 Å². The van der Waals surface area contributed by atoms with Crippen LogP contribution < -0.4 is 10.1 Å². The minimum Gasteiger partial charge on any atom is -0.497 e. The van der Waals surface area contributed by atoms with Crippen LogP contribution in [0.4, 0.5) is 0 Å². The minimum absolute atomic E-state index is 0.0164. The Bertz CT molecular complexity index is 476. The van der Waals surface area contributed by atoms with Gasteiger partial charge in [-0.25, -0.2) is 0 Å². The third kappa shape index (κ3) is 6.35. The zero-order valence-electron chi connectivity index (χ0n) is 12.7. The van der Waals surface area contributed by atoms with Crippen molar-refractivity contribution in [3.05, 3.63) is 29.8 Å². The van der Waals surface area contributed by atoms with Crippen LogP contribution in [-0.2, 0) is 11.3 Å². The van der Waals surface area contributed by atoms with Crippen LogP contribution in [0.2, 0.25) is 0 Å². The van der Waals surface area contributed by atoms with Gasteiger partial charge in [0.15, 0.2) is 0 Å². The molecule has 4 nitrogen and oxygen atoms in total. The summed E-state index contributed by atoms with van der Waals surface area (Å²) in [6.45, 7) is 6.34. The summed E-state index contributed by atoms with van der Waals surface area (Å²) < 4.78 is 5.93. The lowest BCUT2D eigenvalue weighted by Crippen LogP contribution is -2.30. The molecule has 1 amide bonds. The molecule has 21 heavy (non-hydrogen) atoms. The van der Waals surface area contributed by atoms with Gasteiger partial charge in [0, 0.05) is 19.6 Å². The Hall–Kier alpha value is -1.27. The molecule has 1 rings (SSSR count). The van der Waals surface area contributed by atoms with Gasteiger partial charge in [0.25, 0.3) is 0 Å². The molecule has 0 aliphatic carbocycles. The third-order valence-corrected chi connectivity index (χ3v) is 4.50. The average molecular weight is 326 g/mol. The second-order valence-corrected chi connectivity index (χ2v) is 5.96. The largest absolute Gasteiger partial charge is 0.497 e. The third-order valence-electron chi connectivity index (χ3n) is 2.97. The normalized spacial score (nSPS) is 10.0. The maximum atomic E-state index is 11.8. The summed E-state index contributed by atoms with van der Waals surface area (Å²) in [7, 11) is 1.63. The van der Waals surface area contributed by atoms with Crippen LogP contribution in [0, 0.1) is 0 Å². The Balaban J connectivity index is 2.35. The summed E-state index contributed by atoms with van der Waals surface area (Å²) in [5, 5.41) is 2.89. The number of thiocarbonyl (C=S) groups is 1. The number of hydrogen-bond donors (Lipinski definition) is 1. The highest BCUT2D eigenvalue weighted by Gasteiger charge is 2.09. The van der Waals surface area contributed by atoms with Crippen LogP contribution in [0.15, 0.2) is 24.3 Å². The van der Waals surface area contributed by atoms with E-state index in [1.807, 2.05) is 24.3 Å². The number of carbonyl (C=O) groups excluding carboxylic acids is 1. The molecule has 0 bridgehead atoms. The summed E-state index contributed by atoms with van der Waals surface area (Å²) in [5.41, 5.74) is 1.01. The van der Waals surface area contributed by atoms with E-state index in [-0.39, 0.29) is 5.91 Å². The Morgan fingerprint density at radius 3 is 2.71 bits per heavy atom. The molecule has 1 aromatic rings. The molecule has 1 N–H and O–H groups in total. The van der Waals surface area contributed by atoms with Crippen molar-refractivity contribution in [2.24, 2.45) is 0 Å². The SMILES string of the molecule is CCN(CC)C(=S)SCC(=O)NCc1cccc(OC)c1. The van der Waals surface area contributed by atoms with Crippen molar-refractivity contribution in [2.45, 2.75) is 20.4 Å². The summed E-state index contributed by atoms with van der Waals surface area (Å²) in [4.78, 5) is 13.9.